The van der Waals surface area contributed by atoms with Crippen molar-refractivity contribution in [1.29, 1.82) is 0 Å². The quantitative estimate of drug-likeness (QED) is 0.610. The first-order chi connectivity index (χ1) is 8.61. The van der Waals surface area contributed by atoms with Gasteiger partial charge in [0.25, 0.3) is 0 Å². The second kappa shape index (κ2) is 5.65. The van der Waals surface area contributed by atoms with Crippen LogP contribution in [0.4, 0.5) is 0 Å². The summed E-state index contributed by atoms with van der Waals surface area (Å²) in [5.74, 6) is 1.31. The largest absolute Gasteiger partial charge is 0.465 e. The third kappa shape index (κ3) is 2.80. The number of esters is 1. The number of halogens is 1. The topological polar surface area (TPSA) is 52.1 Å². The zero-order valence-corrected chi connectivity index (χ0v) is 11.4. The van der Waals surface area contributed by atoms with E-state index in [1.54, 1.807) is 0 Å². The van der Waals surface area contributed by atoms with Crippen LogP contribution in [0.3, 0.4) is 0 Å². The summed E-state index contributed by atoms with van der Waals surface area (Å²) in [5, 5.41) is 0.185. The zero-order valence-electron chi connectivity index (χ0n) is 10.6. The summed E-state index contributed by atoms with van der Waals surface area (Å²) in [5.41, 5.74) is 0.228. The Bertz CT molecular complexity index is 451. The molecule has 1 aliphatic rings. The van der Waals surface area contributed by atoms with Gasteiger partial charge in [-0.25, -0.2) is 14.8 Å². The van der Waals surface area contributed by atoms with Crippen molar-refractivity contribution in [3.05, 3.63) is 22.7 Å². The standard InChI is InChI=1S/C13H17ClN2O2/c1-8-4-3-5-9(6-8)12-15-7-10(11(14)16-12)13(17)18-2/h7-9H,3-6H2,1-2H3. The molecule has 0 aliphatic heterocycles. The molecule has 1 fully saturated rings. The first-order valence-electron chi connectivity index (χ1n) is 6.22. The minimum atomic E-state index is -0.497. The third-order valence-electron chi connectivity index (χ3n) is 3.47. The second-order valence-electron chi connectivity index (χ2n) is 4.89. The van der Waals surface area contributed by atoms with E-state index in [-0.39, 0.29) is 10.7 Å². The molecular formula is C13H17ClN2O2. The molecule has 1 aromatic heterocycles. The van der Waals surface area contributed by atoms with Crippen LogP contribution in [0.5, 0.6) is 0 Å². The van der Waals surface area contributed by atoms with Crippen molar-refractivity contribution in [2.75, 3.05) is 7.11 Å². The van der Waals surface area contributed by atoms with Crippen LogP contribution >= 0.6 is 11.6 Å². The molecule has 0 aromatic carbocycles. The van der Waals surface area contributed by atoms with Gasteiger partial charge in [-0.15, -0.1) is 0 Å². The van der Waals surface area contributed by atoms with Gasteiger partial charge in [-0.3, -0.25) is 0 Å². The minimum absolute atomic E-state index is 0.185. The lowest BCUT2D eigenvalue weighted by molar-refractivity contribution is 0.0600. The number of methoxy groups -OCH3 is 1. The van der Waals surface area contributed by atoms with E-state index in [9.17, 15) is 4.79 Å². The van der Waals surface area contributed by atoms with E-state index in [1.807, 2.05) is 0 Å². The average Bonchev–Trinajstić information content (AvgIpc) is 2.37. The van der Waals surface area contributed by atoms with E-state index in [4.69, 9.17) is 11.6 Å². The smallest absolute Gasteiger partial charge is 0.342 e. The summed E-state index contributed by atoms with van der Waals surface area (Å²) < 4.78 is 4.62. The Morgan fingerprint density at radius 3 is 2.89 bits per heavy atom. The molecule has 0 N–H and O–H groups in total. The van der Waals surface area contributed by atoms with Crippen LogP contribution in [0, 0.1) is 5.92 Å². The van der Waals surface area contributed by atoms with Gasteiger partial charge < -0.3 is 4.74 Å². The Balaban J connectivity index is 2.20. The molecule has 4 nitrogen and oxygen atoms in total. The number of carbonyl (C=O) groups excluding carboxylic acids is 1. The van der Waals surface area contributed by atoms with Crippen LogP contribution in [0.15, 0.2) is 6.20 Å². The zero-order chi connectivity index (χ0) is 13.1. The van der Waals surface area contributed by atoms with Gasteiger partial charge >= 0.3 is 5.97 Å². The minimum Gasteiger partial charge on any atom is -0.465 e. The Morgan fingerprint density at radius 2 is 2.28 bits per heavy atom. The highest BCUT2D eigenvalue weighted by molar-refractivity contribution is 6.32. The van der Waals surface area contributed by atoms with Crippen molar-refractivity contribution in [2.45, 2.75) is 38.5 Å². The molecule has 0 radical (unpaired) electrons. The molecule has 1 saturated carbocycles. The summed E-state index contributed by atoms with van der Waals surface area (Å²) in [6.07, 6.45) is 6.12. The van der Waals surface area contributed by atoms with E-state index < -0.39 is 5.97 Å². The highest BCUT2D eigenvalue weighted by Crippen LogP contribution is 2.34. The van der Waals surface area contributed by atoms with Gasteiger partial charge in [0.15, 0.2) is 0 Å². The van der Waals surface area contributed by atoms with Crippen LogP contribution in [0.1, 0.15) is 54.7 Å². The van der Waals surface area contributed by atoms with Gasteiger partial charge in [0.05, 0.1) is 7.11 Å². The predicted octanol–water partition coefficient (Wildman–Crippen LogP) is 3.21. The van der Waals surface area contributed by atoms with E-state index in [0.29, 0.717) is 11.8 Å². The molecule has 98 valence electrons. The van der Waals surface area contributed by atoms with Crippen LogP contribution in [0.25, 0.3) is 0 Å². The average molecular weight is 269 g/mol. The Labute approximate surface area is 112 Å². The van der Waals surface area contributed by atoms with Crippen LogP contribution in [-0.4, -0.2) is 23.0 Å². The van der Waals surface area contributed by atoms with E-state index in [0.717, 1.165) is 18.7 Å². The molecule has 2 rings (SSSR count). The Morgan fingerprint density at radius 1 is 1.50 bits per heavy atom. The molecule has 0 bridgehead atoms. The van der Waals surface area contributed by atoms with Crippen molar-refractivity contribution >= 4 is 17.6 Å². The molecule has 18 heavy (non-hydrogen) atoms. The lowest BCUT2D eigenvalue weighted by atomic mass is 9.82. The fourth-order valence-corrected chi connectivity index (χ4v) is 2.70. The van der Waals surface area contributed by atoms with Crippen molar-refractivity contribution in [1.82, 2.24) is 9.97 Å². The van der Waals surface area contributed by atoms with Gasteiger partial charge in [0.1, 0.15) is 16.5 Å². The van der Waals surface area contributed by atoms with Crippen LogP contribution in [0.2, 0.25) is 5.15 Å². The fraction of sp³-hybridized carbons (Fsp3) is 0.615. The van der Waals surface area contributed by atoms with Crippen molar-refractivity contribution in [2.24, 2.45) is 5.92 Å². The fourth-order valence-electron chi connectivity index (χ4n) is 2.49. The maximum atomic E-state index is 11.4. The summed E-state index contributed by atoms with van der Waals surface area (Å²) in [4.78, 5) is 19.9. The summed E-state index contributed by atoms with van der Waals surface area (Å²) in [6, 6.07) is 0. The van der Waals surface area contributed by atoms with Crippen molar-refractivity contribution < 1.29 is 9.53 Å². The number of hydrogen-bond acceptors (Lipinski definition) is 4. The number of hydrogen-bond donors (Lipinski definition) is 0. The van der Waals surface area contributed by atoms with E-state index >= 15 is 0 Å². The molecule has 2 atom stereocenters. The lowest BCUT2D eigenvalue weighted by Crippen LogP contribution is -2.15. The normalized spacial score (nSPS) is 23.7. The van der Waals surface area contributed by atoms with E-state index in [1.165, 1.54) is 26.1 Å². The molecule has 1 aliphatic carbocycles. The molecule has 2 unspecified atom stereocenters. The van der Waals surface area contributed by atoms with Crippen LogP contribution < -0.4 is 0 Å². The molecule has 0 saturated heterocycles. The molecular weight excluding hydrogens is 252 g/mol. The first kappa shape index (κ1) is 13.3. The van der Waals surface area contributed by atoms with Gasteiger partial charge in [-0.05, 0) is 18.8 Å². The Kier molecular flexibility index (Phi) is 4.17. The van der Waals surface area contributed by atoms with Gasteiger partial charge in [0.2, 0.25) is 0 Å². The number of ether oxygens (including phenoxy) is 1. The van der Waals surface area contributed by atoms with Crippen molar-refractivity contribution in [3.63, 3.8) is 0 Å². The second-order valence-corrected chi connectivity index (χ2v) is 5.25. The maximum absolute atomic E-state index is 11.4. The third-order valence-corrected chi connectivity index (χ3v) is 3.76. The molecule has 1 aromatic rings. The SMILES string of the molecule is COC(=O)c1cnc(C2CCCC(C)C2)nc1Cl. The monoisotopic (exact) mass is 268 g/mol. The van der Waals surface area contributed by atoms with Crippen molar-refractivity contribution in [3.8, 4) is 0 Å². The molecule has 5 heteroatoms. The van der Waals surface area contributed by atoms with Gasteiger partial charge in [-0.2, -0.15) is 0 Å². The Hall–Kier alpha value is -1.16. The number of carbonyl (C=O) groups is 1. The highest BCUT2D eigenvalue weighted by atomic mass is 35.5. The molecule has 0 spiro atoms. The highest BCUT2D eigenvalue weighted by Gasteiger charge is 2.24. The first-order valence-corrected chi connectivity index (χ1v) is 6.60. The number of rotatable bonds is 2. The van der Waals surface area contributed by atoms with Gasteiger partial charge in [-0.1, -0.05) is 31.4 Å². The van der Waals surface area contributed by atoms with Gasteiger partial charge in [0, 0.05) is 12.1 Å². The number of aromatic nitrogens is 2. The maximum Gasteiger partial charge on any atom is 0.342 e. The summed E-state index contributed by atoms with van der Waals surface area (Å²) in [6.45, 7) is 2.25. The van der Waals surface area contributed by atoms with E-state index in [2.05, 4.69) is 21.6 Å². The molecule has 1 heterocycles. The summed E-state index contributed by atoms with van der Waals surface area (Å²) >= 11 is 6.01. The van der Waals surface area contributed by atoms with Crippen LogP contribution in [-0.2, 0) is 4.74 Å². The predicted molar refractivity (Wildman–Crippen MR) is 68.8 cm³/mol. The lowest BCUT2D eigenvalue weighted by Gasteiger charge is -2.25. The molecule has 0 amide bonds. The number of nitrogens with zero attached hydrogens (tertiary/aromatic N) is 2. The summed E-state index contributed by atoms with van der Waals surface area (Å²) in [7, 11) is 1.31.